The van der Waals surface area contributed by atoms with E-state index in [0.717, 1.165) is 43.0 Å². The first kappa shape index (κ1) is 19.9. The highest BCUT2D eigenvalue weighted by Gasteiger charge is 2.21. The highest BCUT2D eigenvalue weighted by molar-refractivity contribution is 5.93. The van der Waals surface area contributed by atoms with Gasteiger partial charge < -0.3 is 15.1 Å². The molecule has 0 aliphatic carbocycles. The van der Waals surface area contributed by atoms with Gasteiger partial charge in [0.05, 0.1) is 23.7 Å². The number of nitrogens with zero attached hydrogens (tertiary/aromatic N) is 7. The van der Waals surface area contributed by atoms with E-state index in [1.54, 1.807) is 30.9 Å². The largest absolute Gasteiger partial charge is 0.368 e. The van der Waals surface area contributed by atoms with Crippen molar-refractivity contribution in [1.82, 2.24) is 30.0 Å². The van der Waals surface area contributed by atoms with Gasteiger partial charge in [-0.15, -0.1) is 0 Å². The summed E-state index contributed by atoms with van der Waals surface area (Å²) in [6.07, 6.45) is 6.60. The SMILES string of the molecule is O=C(NCCn1ncc2c(N3CCN(c4ccccc4)CC3)ncnc21)c1cccnc1. The molecular formula is C23H24N8O. The Balaban J connectivity index is 1.24. The third kappa shape index (κ3) is 4.09. The van der Waals surface area contributed by atoms with Crippen molar-refractivity contribution < 1.29 is 4.79 Å². The third-order valence-corrected chi connectivity index (χ3v) is 5.65. The lowest BCUT2D eigenvalue weighted by molar-refractivity contribution is 0.0951. The number of hydrogen-bond donors (Lipinski definition) is 1. The number of aromatic nitrogens is 5. The maximum Gasteiger partial charge on any atom is 0.252 e. The number of carbonyl (C=O) groups excluding carboxylic acids is 1. The first-order valence-electron chi connectivity index (χ1n) is 10.7. The van der Waals surface area contributed by atoms with Crippen molar-refractivity contribution in [2.75, 3.05) is 42.5 Å². The molecule has 1 aliphatic rings. The summed E-state index contributed by atoms with van der Waals surface area (Å²) in [5.41, 5.74) is 2.56. The molecule has 0 spiro atoms. The van der Waals surface area contributed by atoms with Crippen LogP contribution in [0, 0.1) is 0 Å². The monoisotopic (exact) mass is 428 g/mol. The number of piperazine rings is 1. The molecule has 3 aromatic heterocycles. The zero-order chi connectivity index (χ0) is 21.8. The summed E-state index contributed by atoms with van der Waals surface area (Å²) in [7, 11) is 0. The Kier molecular flexibility index (Phi) is 5.61. The Morgan fingerprint density at radius 1 is 0.938 bits per heavy atom. The van der Waals surface area contributed by atoms with Crippen LogP contribution >= 0.6 is 0 Å². The minimum absolute atomic E-state index is 0.152. The summed E-state index contributed by atoms with van der Waals surface area (Å²) in [6, 6.07) is 14.0. The van der Waals surface area contributed by atoms with E-state index in [4.69, 9.17) is 0 Å². The molecule has 1 aliphatic heterocycles. The van der Waals surface area contributed by atoms with Crippen LogP contribution in [0.2, 0.25) is 0 Å². The van der Waals surface area contributed by atoms with Crippen molar-refractivity contribution in [2.24, 2.45) is 0 Å². The van der Waals surface area contributed by atoms with E-state index in [2.05, 4.69) is 59.4 Å². The number of nitrogens with one attached hydrogen (secondary N) is 1. The van der Waals surface area contributed by atoms with Crippen molar-refractivity contribution in [3.63, 3.8) is 0 Å². The van der Waals surface area contributed by atoms with E-state index < -0.39 is 0 Å². The van der Waals surface area contributed by atoms with Crippen LogP contribution in [0.25, 0.3) is 11.0 Å². The van der Waals surface area contributed by atoms with Crippen molar-refractivity contribution in [2.45, 2.75) is 6.54 Å². The van der Waals surface area contributed by atoms with Crippen LogP contribution in [-0.4, -0.2) is 63.4 Å². The molecule has 1 N–H and O–H groups in total. The molecule has 0 radical (unpaired) electrons. The molecule has 162 valence electrons. The summed E-state index contributed by atoms with van der Waals surface area (Å²) < 4.78 is 1.81. The van der Waals surface area contributed by atoms with E-state index >= 15 is 0 Å². The Bertz CT molecular complexity index is 1190. The van der Waals surface area contributed by atoms with Crippen LogP contribution in [0.4, 0.5) is 11.5 Å². The molecule has 9 heteroatoms. The minimum atomic E-state index is -0.152. The number of carbonyl (C=O) groups is 1. The fraction of sp³-hybridized carbons (Fsp3) is 0.261. The van der Waals surface area contributed by atoms with E-state index in [-0.39, 0.29) is 5.91 Å². The van der Waals surface area contributed by atoms with Crippen LogP contribution in [-0.2, 0) is 6.54 Å². The van der Waals surface area contributed by atoms with Crippen LogP contribution in [0.5, 0.6) is 0 Å². The maximum absolute atomic E-state index is 12.2. The van der Waals surface area contributed by atoms with Crippen molar-refractivity contribution in [1.29, 1.82) is 0 Å². The van der Waals surface area contributed by atoms with Gasteiger partial charge in [0.15, 0.2) is 5.65 Å². The van der Waals surface area contributed by atoms with E-state index in [1.807, 2.05) is 16.9 Å². The van der Waals surface area contributed by atoms with Gasteiger partial charge in [-0.05, 0) is 24.3 Å². The number of rotatable bonds is 6. The molecule has 1 amide bonds. The van der Waals surface area contributed by atoms with Crippen molar-refractivity contribution >= 4 is 28.4 Å². The lowest BCUT2D eigenvalue weighted by atomic mass is 10.2. The molecule has 5 rings (SSSR count). The quantitative estimate of drug-likeness (QED) is 0.502. The van der Waals surface area contributed by atoms with Gasteiger partial charge >= 0.3 is 0 Å². The standard InChI is InChI=1S/C23H24N8O/c32-23(18-5-4-8-24-15-18)25-9-10-31-22-20(16-28-31)21(26-17-27-22)30-13-11-29(12-14-30)19-6-2-1-3-7-19/h1-8,15-17H,9-14H2,(H,25,32). The Morgan fingerprint density at radius 2 is 1.75 bits per heavy atom. The molecule has 0 unspecified atom stereocenters. The second-order valence-corrected chi connectivity index (χ2v) is 7.61. The van der Waals surface area contributed by atoms with E-state index in [0.29, 0.717) is 18.7 Å². The van der Waals surface area contributed by atoms with Crippen LogP contribution < -0.4 is 15.1 Å². The summed E-state index contributed by atoms with van der Waals surface area (Å²) in [4.78, 5) is 29.9. The molecule has 1 saturated heterocycles. The minimum Gasteiger partial charge on any atom is -0.368 e. The van der Waals surface area contributed by atoms with Gasteiger partial charge in [-0.1, -0.05) is 18.2 Å². The zero-order valence-corrected chi connectivity index (χ0v) is 17.6. The molecular weight excluding hydrogens is 404 g/mol. The first-order valence-corrected chi connectivity index (χ1v) is 10.7. The number of anilines is 2. The zero-order valence-electron chi connectivity index (χ0n) is 17.6. The lowest BCUT2D eigenvalue weighted by Crippen LogP contribution is -2.46. The molecule has 0 bridgehead atoms. The molecule has 9 nitrogen and oxygen atoms in total. The highest BCUT2D eigenvalue weighted by Crippen LogP contribution is 2.25. The summed E-state index contributed by atoms with van der Waals surface area (Å²) in [5, 5.41) is 8.33. The summed E-state index contributed by atoms with van der Waals surface area (Å²) in [6.45, 7) is 4.60. The van der Waals surface area contributed by atoms with Gasteiger partial charge in [0.25, 0.3) is 5.91 Å². The molecule has 0 saturated carbocycles. The van der Waals surface area contributed by atoms with Gasteiger partial charge in [-0.3, -0.25) is 9.78 Å². The molecule has 4 aromatic rings. The van der Waals surface area contributed by atoms with Gasteiger partial charge in [0, 0.05) is 50.8 Å². The first-order chi connectivity index (χ1) is 15.8. The fourth-order valence-electron chi connectivity index (χ4n) is 3.99. The van der Waals surface area contributed by atoms with Crippen molar-refractivity contribution in [3.8, 4) is 0 Å². The average molecular weight is 429 g/mol. The number of benzene rings is 1. The average Bonchev–Trinajstić information content (AvgIpc) is 3.28. The number of amides is 1. The Labute approximate surface area is 185 Å². The second kappa shape index (κ2) is 9.01. The molecule has 1 aromatic carbocycles. The van der Waals surface area contributed by atoms with Crippen LogP contribution in [0.3, 0.4) is 0 Å². The van der Waals surface area contributed by atoms with Crippen molar-refractivity contribution in [3.05, 3.63) is 72.9 Å². The van der Waals surface area contributed by atoms with Gasteiger partial charge in [0.1, 0.15) is 12.1 Å². The van der Waals surface area contributed by atoms with E-state index in [9.17, 15) is 4.79 Å². The third-order valence-electron chi connectivity index (χ3n) is 5.65. The predicted molar refractivity (Wildman–Crippen MR) is 123 cm³/mol. The molecule has 4 heterocycles. The van der Waals surface area contributed by atoms with E-state index in [1.165, 1.54) is 5.69 Å². The van der Waals surface area contributed by atoms with Gasteiger partial charge in [0.2, 0.25) is 0 Å². The molecule has 32 heavy (non-hydrogen) atoms. The predicted octanol–water partition coefficient (Wildman–Crippen LogP) is 1.98. The van der Waals surface area contributed by atoms with Gasteiger partial charge in [-0.2, -0.15) is 5.10 Å². The van der Waals surface area contributed by atoms with Crippen LogP contribution in [0.15, 0.2) is 67.4 Å². The van der Waals surface area contributed by atoms with Gasteiger partial charge in [-0.25, -0.2) is 14.6 Å². The fourth-order valence-corrected chi connectivity index (χ4v) is 3.99. The topological polar surface area (TPSA) is 92.1 Å². The smallest absolute Gasteiger partial charge is 0.252 e. The molecule has 0 atom stereocenters. The summed E-state index contributed by atoms with van der Waals surface area (Å²) in [5.74, 6) is 0.759. The normalized spacial score (nSPS) is 14.0. The second-order valence-electron chi connectivity index (χ2n) is 7.61. The Morgan fingerprint density at radius 3 is 2.53 bits per heavy atom. The Hall–Kier alpha value is -4.01. The highest BCUT2D eigenvalue weighted by atomic mass is 16.1. The number of fused-ring (bicyclic) bond motifs is 1. The number of para-hydroxylation sites is 1. The summed E-state index contributed by atoms with van der Waals surface area (Å²) >= 11 is 0. The van der Waals surface area contributed by atoms with Crippen LogP contribution in [0.1, 0.15) is 10.4 Å². The maximum atomic E-state index is 12.2. The molecule has 1 fully saturated rings. The number of pyridine rings is 1. The lowest BCUT2D eigenvalue weighted by Gasteiger charge is -2.36. The number of hydrogen-bond acceptors (Lipinski definition) is 7.